The van der Waals surface area contributed by atoms with Gasteiger partial charge in [-0.05, 0) is 49.3 Å². The van der Waals surface area contributed by atoms with Crippen LogP contribution in [0.4, 0.5) is 4.39 Å². The van der Waals surface area contributed by atoms with Gasteiger partial charge in [-0.1, -0.05) is 22.0 Å². The molecule has 0 aliphatic carbocycles. The molecule has 4 heteroatoms. The smallest absolute Gasteiger partial charge is 0.137 e. The second-order valence-corrected chi connectivity index (χ2v) is 6.98. The molecule has 2 saturated heterocycles. The largest absolute Gasteiger partial charge is 0.311 e. The van der Waals surface area contributed by atoms with E-state index in [1.54, 1.807) is 6.07 Å². The maximum absolute atomic E-state index is 13.0. The molecular formula is C16H19BrFNO. The summed E-state index contributed by atoms with van der Waals surface area (Å²) in [5.74, 6) is 0.520. The number of carbonyl (C=O) groups excluding carboxylic acids is 1. The zero-order chi connectivity index (χ0) is 14.1. The van der Waals surface area contributed by atoms with E-state index in [1.807, 2.05) is 0 Å². The standard InChI is InChI=1S/C16H19BrFNO/c17-16-9-12(18)2-1-11(16)8-15(20)7-10-5-13-3-4-14(6-10)19-13/h1-2,9-10,13-14,19H,3-8H2. The van der Waals surface area contributed by atoms with E-state index in [2.05, 4.69) is 21.2 Å². The summed E-state index contributed by atoms with van der Waals surface area (Å²) in [5, 5.41) is 3.60. The second-order valence-electron chi connectivity index (χ2n) is 6.13. The molecule has 0 aromatic heterocycles. The molecule has 0 radical (unpaired) electrons. The van der Waals surface area contributed by atoms with Crippen molar-refractivity contribution in [2.45, 2.75) is 50.6 Å². The average Bonchev–Trinajstić information content (AvgIpc) is 2.72. The van der Waals surface area contributed by atoms with Crippen LogP contribution in [0.1, 0.15) is 37.7 Å². The number of Topliss-reactive ketones (excluding diaryl/α,β-unsaturated/α-hetero) is 1. The summed E-state index contributed by atoms with van der Waals surface area (Å²) >= 11 is 3.33. The predicted octanol–water partition coefficient (Wildman–Crippen LogP) is 3.62. The van der Waals surface area contributed by atoms with E-state index in [1.165, 1.54) is 25.0 Å². The van der Waals surface area contributed by atoms with Crippen LogP contribution in [0.3, 0.4) is 0 Å². The van der Waals surface area contributed by atoms with Crippen molar-refractivity contribution in [3.8, 4) is 0 Å². The lowest BCUT2D eigenvalue weighted by molar-refractivity contribution is -0.119. The lowest BCUT2D eigenvalue weighted by Gasteiger charge is -2.28. The number of piperidine rings is 1. The molecule has 2 aliphatic rings. The molecule has 1 aromatic rings. The summed E-state index contributed by atoms with van der Waals surface area (Å²) < 4.78 is 13.7. The fourth-order valence-electron chi connectivity index (χ4n) is 3.61. The van der Waals surface area contributed by atoms with Crippen molar-refractivity contribution in [2.75, 3.05) is 0 Å². The molecule has 20 heavy (non-hydrogen) atoms. The summed E-state index contributed by atoms with van der Waals surface area (Å²) in [6, 6.07) is 5.79. The van der Waals surface area contributed by atoms with Crippen molar-refractivity contribution >= 4 is 21.7 Å². The third-order valence-electron chi connectivity index (χ3n) is 4.49. The minimum atomic E-state index is -0.275. The van der Waals surface area contributed by atoms with Crippen molar-refractivity contribution in [3.63, 3.8) is 0 Å². The lowest BCUT2D eigenvalue weighted by Crippen LogP contribution is -2.38. The van der Waals surface area contributed by atoms with E-state index in [0.717, 1.165) is 18.4 Å². The average molecular weight is 340 g/mol. The number of hydrogen-bond donors (Lipinski definition) is 1. The van der Waals surface area contributed by atoms with Gasteiger partial charge < -0.3 is 5.32 Å². The van der Waals surface area contributed by atoms with Crippen molar-refractivity contribution in [1.29, 1.82) is 0 Å². The number of halogens is 2. The van der Waals surface area contributed by atoms with Gasteiger partial charge in [0.15, 0.2) is 0 Å². The highest BCUT2D eigenvalue weighted by Gasteiger charge is 2.34. The highest BCUT2D eigenvalue weighted by molar-refractivity contribution is 9.10. The van der Waals surface area contributed by atoms with Crippen LogP contribution in [0.25, 0.3) is 0 Å². The first kappa shape index (κ1) is 14.2. The van der Waals surface area contributed by atoms with Gasteiger partial charge in [0, 0.05) is 29.4 Å². The quantitative estimate of drug-likeness (QED) is 0.907. The Hall–Kier alpha value is -0.740. The molecule has 108 valence electrons. The molecular weight excluding hydrogens is 321 g/mol. The van der Waals surface area contributed by atoms with Crippen molar-refractivity contribution in [2.24, 2.45) is 5.92 Å². The third kappa shape index (κ3) is 3.29. The number of ketones is 1. The normalized spacial score (nSPS) is 28.6. The second kappa shape index (κ2) is 5.94. The van der Waals surface area contributed by atoms with Crippen LogP contribution < -0.4 is 5.32 Å². The van der Waals surface area contributed by atoms with E-state index in [-0.39, 0.29) is 11.6 Å². The molecule has 2 heterocycles. The Morgan fingerprint density at radius 2 is 2.00 bits per heavy atom. The monoisotopic (exact) mass is 339 g/mol. The highest BCUT2D eigenvalue weighted by Crippen LogP contribution is 2.33. The molecule has 2 nitrogen and oxygen atoms in total. The van der Waals surface area contributed by atoms with Gasteiger partial charge >= 0.3 is 0 Å². The number of carbonyl (C=O) groups is 1. The minimum absolute atomic E-state index is 0.267. The predicted molar refractivity (Wildman–Crippen MR) is 80.1 cm³/mol. The Balaban J connectivity index is 1.57. The summed E-state index contributed by atoms with van der Waals surface area (Å²) in [5.41, 5.74) is 0.883. The summed E-state index contributed by atoms with van der Waals surface area (Å²) in [4.78, 5) is 12.2. The first-order valence-corrected chi connectivity index (χ1v) is 8.11. The zero-order valence-electron chi connectivity index (χ0n) is 11.4. The van der Waals surface area contributed by atoms with Crippen LogP contribution in [0.2, 0.25) is 0 Å². The molecule has 2 atom stereocenters. The maximum Gasteiger partial charge on any atom is 0.137 e. The molecule has 2 aliphatic heterocycles. The van der Waals surface area contributed by atoms with E-state index in [0.29, 0.717) is 35.3 Å². The van der Waals surface area contributed by atoms with E-state index in [4.69, 9.17) is 0 Å². The van der Waals surface area contributed by atoms with Crippen LogP contribution in [0.15, 0.2) is 22.7 Å². The summed E-state index contributed by atoms with van der Waals surface area (Å²) in [7, 11) is 0. The Labute approximate surface area is 127 Å². The number of rotatable bonds is 4. The molecule has 3 rings (SSSR count). The van der Waals surface area contributed by atoms with Gasteiger partial charge in [-0.3, -0.25) is 4.79 Å². The fraction of sp³-hybridized carbons (Fsp3) is 0.562. The Kier molecular flexibility index (Phi) is 4.22. The van der Waals surface area contributed by atoms with Gasteiger partial charge in [0.25, 0.3) is 0 Å². The molecule has 2 unspecified atom stereocenters. The number of fused-ring (bicyclic) bond motifs is 2. The summed E-state index contributed by atoms with van der Waals surface area (Å²) in [6.07, 6.45) is 5.86. The number of nitrogens with one attached hydrogen (secondary N) is 1. The molecule has 0 spiro atoms. The number of hydrogen-bond acceptors (Lipinski definition) is 2. The van der Waals surface area contributed by atoms with Crippen LogP contribution in [-0.2, 0) is 11.2 Å². The van der Waals surface area contributed by atoms with Gasteiger partial charge in [-0.2, -0.15) is 0 Å². The van der Waals surface area contributed by atoms with Gasteiger partial charge in [0.05, 0.1) is 0 Å². The van der Waals surface area contributed by atoms with Crippen LogP contribution in [-0.4, -0.2) is 17.9 Å². The lowest BCUT2D eigenvalue weighted by atomic mass is 9.87. The molecule has 0 saturated carbocycles. The minimum Gasteiger partial charge on any atom is -0.311 e. The van der Waals surface area contributed by atoms with Crippen molar-refractivity contribution in [1.82, 2.24) is 5.32 Å². The first-order valence-electron chi connectivity index (χ1n) is 7.32. The van der Waals surface area contributed by atoms with Crippen molar-refractivity contribution in [3.05, 3.63) is 34.1 Å². The molecule has 1 aromatic carbocycles. The molecule has 2 fully saturated rings. The fourth-order valence-corrected chi connectivity index (χ4v) is 4.10. The van der Waals surface area contributed by atoms with Crippen molar-refractivity contribution < 1.29 is 9.18 Å². The van der Waals surface area contributed by atoms with Crippen LogP contribution in [0.5, 0.6) is 0 Å². The van der Waals surface area contributed by atoms with Gasteiger partial charge in [-0.15, -0.1) is 0 Å². The number of benzene rings is 1. The van der Waals surface area contributed by atoms with Gasteiger partial charge in [0.1, 0.15) is 11.6 Å². The first-order chi connectivity index (χ1) is 9.60. The van der Waals surface area contributed by atoms with Crippen LogP contribution in [0, 0.1) is 11.7 Å². The Morgan fingerprint density at radius 3 is 2.65 bits per heavy atom. The SMILES string of the molecule is O=C(Cc1ccc(F)cc1Br)CC1CC2CCC(C1)N2. The maximum atomic E-state index is 13.0. The molecule has 0 amide bonds. The van der Waals surface area contributed by atoms with Gasteiger partial charge in [0.2, 0.25) is 0 Å². The topological polar surface area (TPSA) is 29.1 Å². The van der Waals surface area contributed by atoms with E-state index < -0.39 is 0 Å². The molecule has 2 bridgehead atoms. The van der Waals surface area contributed by atoms with E-state index >= 15 is 0 Å². The highest BCUT2D eigenvalue weighted by atomic mass is 79.9. The van der Waals surface area contributed by atoms with Crippen LogP contribution >= 0.6 is 15.9 Å². The Bertz CT molecular complexity index is 507. The third-order valence-corrected chi connectivity index (χ3v) is 5.23. The zero-order valence-corrected chi connectivity index (χ0v) is 13.0. The Morgan fingerprint density at radius 1 is 1.30 bits per heavy atom. The van der Waals surface area contributed by atoms with E-state index in [9.17, 15) is 9.18 Å². The molecule has 1 N–H and O–H groups in total. The summed E-state index contributed by atoms with van der Waals surface area (Å²) in [6.45, 7) is 0. The van der Waals surface area contributed by atoms with Gasteiger partial charge in [-0.25, -0.2) is 4.39 Å².